The van der Waals surface area contributed by atoms with Crippen molar-refractivity contribution in [2.75, 3.05) is 18.0 Å². The van der Waals surface area contributed by atoms with Crippen LogP contribution in [0.4, 0.5) is 5.69 Å². The molecular weight excluding hydrogens is 196 g/mol. The summed E-state index contributed by atoms with van der Waals surface area (Å²) in [5.74, 6) is 0.731. The number of benzene rings is 1. The lowest BCUT2D eigenvalue weighted by molar-refractivity contribution is 0.540. The minimum atomic E-state index is 0.279. The van der Waals surface area contributed by atoms with Crippen LogP contribution < -0.4 is 10.6 Å². The van der Waals surface area contributed by atoms with Gasteiger partial charge >= 0.3 is 0 Å². The molecule has 1 aromatic carbocycles. The maximum atomic E-state index is 6.21. The van der Waals surface area contributed by atoms with E-state index in [9.17, 15) is 0 Å². The summed E-state index contributed by atoms with van der Waals surface area (Å²) in [7, 11) is 0. The lowest BCUT2D eigenvalue weighted by atomic mass is 9.91. The average molecular weight is 216 g/mol. The van der Waals surface area contributed by atoms with Crippen molar-refractivity contribution in [3.8, 4) is 0 Å². The Balaban J connectivity index is 2.06. The van der Waals surface area contributed by atoms with Gasteiger partial charge in [-0.15, -0.1) is 0 Å². The Bertz CT molecular complexity index is 400. The van der Waals surface area contributed by atoms with E-state index in [4.69, 9.17) is 5.73 Å². The minimum Gasteiger partial charge on any atom is -0.371 e. The largest absolute Gasteiger partial charge is 0.371 e. The zero-order chi connectivity index (χ0) is 11.1. The van der Waals surface area contributed by atoms with Crippen LogP contribution in [0.15, 0.2) is 18.2 Å². The Morgan fingerprint density at radius 2 is 2.31 bits per heavy atom. The summed E-state index contributed by atoms with van der Waals surface area (Å²) in [4.78, 5) is 2.54. The Morgan fingerprint density at radius 1 is 1.44 bits per heavy atom. The summed E-state index contributed by atoms with van der Waals surface area (Å²) in [6.45, 7) is 4.64. The van der Waals surface area contributed by atoms with Gasteiger partial charge in [0.2, 0.25) is 0 Å². The van der Waals surface area contributed by atoms with E-state index < -0.39 is 0 Å². The summed E-state index contributed by atoms with van der Waals surface area (Å²) in [6.07, 6.45) is 3.67. The molecule has 1 aromatic rings. The maximum absolute atomic E-state index is 6.21. The van der Waals surface area contributed by atoms with Crippen molar-refractivity contribution in [3.63, 3.8) is 0 Å². The second kappa shape index (κ2) is 3.77. The lowest BCUT2D eigenvalue weighted by Crippen LogP contribution is -2.31. The fraction of sp³-hybridized carbons (Fsp3) is 0.571. The average Bonchev–Trinajstić information content (AvgIpc) is 2.62. The molecule has 0 amide bonds. The van der Waals surface area contributed by atoms with Crippen LogP contribution in [-0.4, -0.2) is 13.1 Å². The van der Waals surface area contributed by atoms with Gasteiger partial charge in [0.05, 0.1) is 0 Å². The van der Waals surface area contributed by atoms with E-state index in [-0.39, 0.29) is 6.04 Å². The molecule has 1 heterocycles. The second-order valence-corrected chi connectivity index (χ2v) is 5.09. The molecule has 2 nitrogen and oxygen atoms in total. The molecule has 0 saturated carbocycles. The fourth-order valence-corrected chi connectivity index (χ4v) is 3.36. The third kappa shape index (κ3) is 1.36. The van der Waals surface area contributed by atoms with E-state index in [1.165, 1.54) is 37.2 Å². The minimum absolute atomic E-state index is 0.279. The molecule has 1 aliphatic heterocycles. The van der Waals surface area contributed by atoms with Crippen molar-refractivity contribution in [1.29, 1.82) is 0 Å². The number of hydrogen-bond acceptors (Lipinski definition) is 2. The highest BCUT2D eigenvalue weighted by Gasteiger charge is 2.34. The molecule has 0 spiro atoms. The summed E-state index contributed by atoms with van der Waals surface area (Å²) < 4.78 is 0. The highest BCUT2D eigenvalue weighted by Crippen LogP contribution is 2.48. The summed E-state index contributed by atoms with van der Waals surface area (Å²) in [6, 6.07) is 6.95. The molecule has 2 unspecified atom stereocenters. The van der Waals surface area contributed by atoms with Crippen LogP contribution in [0.25, 0.3) is 0 Å². The third-order valence-electron chi connectivity index (χ3n) is 4.04. The number of anilines is 1. The van der Waals surface area contributed by atoms with Crippen LogP contribution in [0.1, 0.15) is 49.3 Å². The molecule has 86 valence electrons. The maximum Gasteiger partial charge on any atom is 0.0404 e. The van der Waals surface area contributed by atoms with Gasteiger partial charge in [-0.05, 0) is 42.4 Å². The number of nitrogens with two attached hydrogens (primary N) is 1. The van der Waals surface area contributed by atoms with Crippen molar-refractivity contribution in [2.24, 2.45) is 5.73 Å². The molecule has 0 fully saturated rings. The molecule has 2 N–H and O–H groups in total. The Kier molecular flexibility index (Phi) is 2.40. The standard InChI is InChI=1S/C14H20N2/c1-2-7-16-8-6-10-9-12(15)11-4-3-5-13(16)14(10)11/h3-5,10,12H,2,6-9,15H2,1H3. The summed E-state index contributed by atoms with van der Waals surface area (Å²) >= 11 is 0. The van der Waals surface area contributed by atoms with Crippen LogP contribution >= 0.6 is 0 Å². The molecule has 0 saturated heterocycles. The van der Waals surface area contributed by atoms with E-state index in [1.807, 2.05) is 0 Å². The van der Waals surface area contributed by atoms with E-state index in [0.717, 1.165) is 12.3 Å². The zero-order valence-electron chi connectivity index (χ0n) is 9.95. The van der Waals surface area contributed by atoms with Gasteiger partial charge in [-0.25, -0.2) is 0 Å². The van der Waals surface area contributed by atoms with Gasteiger partial charge in [-0.1, -0.05) is 19.1 Å². The highest BCUT2D eigenvalue weighted by atomic mass is 15.1. The van der Waals surface area contributed by atoms with Crippen molar-refractivity contribution >= 4 is 5.69 Å². The Morgan fingerprint density at radius 3 is 3.12 bits per heavy atom. The Labute approximate surface area is 97.4 Å². The van der Waals surface area contributed by atoms with Gasteiger partial charge in [-0.3, -0.25) is 0 Å². The summed E-state index contributed by atoms with van der Waals surface area (Å²) in [5.41, 5.74) is 10.6. The first kappa shape index (κ1) is 10.2. The first-order valence-corrected chi connectivity index (χ1v) is 6.44. The summed E-state index contributed by atoms with van der Waals surface area (Å²) in [5, 5.41) is 0. The lowest BCUT2D eigenvalue weighted by Gasteiger charge is -2.34. The van der Waals surface area contributed by atoms with Gasteiger partial charge < -0.3 is 10.6 Å². The molecule has 3 rings (SSSR count). The van der Waals surface area contributed by atoms with Gasteiger partial charge in [0.25, 0.3) is 0 Å². The first-order valence-electron chi connectivity index (χ1n) is 6.44. The van der Waals surface area contributed by atoms with Crippen molar-refractivity contribution in [1.82, 2.24) is 0 Å². The quantitative estimate of drug-likeness (QED) is 0.823. The number of nitrogens with zero attached hydrogens (tertiary/aromatic N) is 1. The van der Waals surface area contributed by atoms with Crippen LogP contribution in [0.3, 0.4) is 0 Å². The van der Waals surface area contributed by atoms with Crippen molar-refractivity contribution in [2.45, 2.75) is 38.1 Å². The van der Waals surface area contributed by atoms with Gasteiger partial charge in [0, 0.05) is 24.8 Å². The smallest absolute Gasteiger partial charge is 0.0404 e. The normalized spacial score (nSPS) is 27.0. The third-order valence-corrected chi connectivity index (χ3v) is 4.04. The van der Waals surface area contributed by atoms with Crippen molar-refractivity contribution < 1.29 is 0 Å². The SMILES string of the molecule is CCCN1CCC2CC(N)c3cccc1c32. The highest BCUT2D eigenvalue weighted by molar-refractivity contribution is 5.62. The molecule has 2 heteroatoms. The van der Waals surface area contributed by atoms with Crippen LogP contribution in [0.5, 0.6) is 0 Å². The van der Waals surface area contributed by atoms with E-state index in [0.29, 0.717) is 0 Å². The molecule has 1 aliphatic carbocycles. The monoisotopic (exact) mass is 216 g/mol. The predicted molar refractivity (Wildman–Crippen MR) is 67.8 cm³/mol. The van der Waals surface area contributed by atoms with Gasteiger partial charge in [0.15, 0.2) is 0 Å². The number of rotatable bonds is 2. The molecule has 0 aromatic heterocycles. The Hall–Kier alpha value is -1.02. The van der Waals surface area contributed by atoms with Crippen LogP contribution in [0.2, 0.25) is 0 Å². The van der Waals surface area contributed by atoms with Crippen LogP contribution in [-0.2, 0) is 0 Å². The van der Waals surface area contributed by atoms with Gasteiger partial charge in [0.1, 0.15) is 0 Å². The van der Waals surface area contributed by atoms with Crippen LogP contribution in [0, 0.1) is 0 Å². The first-order chi connectivity index (χ1) is 7.81. The molecule has 2 aliphatic rings. The second-order valence-electron chi connectivity index (χ2n) is 5.09. The molecular formula is C14H20N2. The molecule has 0 bridgehead atoms. The van der Waals surface area contributed by atoms with E-state index >= 15 is 0 Å². The van der Waals surface area contributed by atoms with Crippen molar-refractivity contribution in [3.05, 3.63) is 29.3 Å². The topological polar surface area (TPSA) is 29.3 Å². The fourth-order valence-electron chi connectivity index (χ4n) is 3.36. The zero-order valence-corrected chi connectivity index (χ0v) is 9.95. The predicted octanol–water partition coefficient (Wildman–Crippen LogP) is 2.79. The molecule has 16 heavy (non-hydrogen) atoms. The van der Waals surface area contributed by atoms with Gasteiger partial charge in [-0.2, -0.15) is 0 Å². The molecule has 0 radical (unpaired) electrons. The molecule has 2 atom stereocenters. The van der Waals surface area contributed by atoms with E-state index in [1.54, 1.807) is 5.56 Å². The number of hydrogen-bond donors (Lipinski definition) is 1. The van der Waals surface area contributed by atoms with E-state index in [2.05, 4.69) is 30.0 Å².